The van der Waals surface area contributed by atoms with Gasteiger partial charge >= 0.3 is 6.09 Å². The molecule has 0 aliphatic rings. The smallest absolute Gasteiger partial charge is 0.411 e. The number of hydrogen-bond donors (Lipinski definition) is 3. The van der Waals surface area contributed by atoms with Gasteiger partial charge in [0.25, 0.3) is 0 Å². The number of guanidine groups is 1. The Hall–Kier alpha value is -2.50. The van der Waals surface area contributed by atoms with Gasteiger partial charge in [-0.1, -0.05) is 18.2 Å². The van der Waals surface area contributed by atoms with Crippen LogP contribution in [0.25, 0.3) is 0 Å². The second-order valence-corrected chi connectivity index (χ2v) is 3.91. The molecule has 0 fully saturated rings. The molecule has 3 N–H and O–H groups in total. The molecule has 0 spiro atoms. The number of nitrogens with zero attached hydrogens (tertiary/aromatic N) is 1. The average molecular weight is 276 g/mol. The zero-order valence-corrected chi connectivity index (χ0v) is 11.8. The van der Waals surface area contributed by atoms with Gasteiger partial charge in [0, 0.05) is 25.8 Å². The quantitative estimate of drug-likeness (QED) is 0.435. The molecule has 0 bridgehead atoms. The van der Waals surface area contributed by atoms with E-state index in [0.29, 0.717) is 24.7 Å². The highest BCUT2D eigenvalue weighted by Crippen LogP contribution is 2.09. The number of methoxy groups -OCH3 is 1. The molecule has 6 heteroatoms. The van der Waals surface area contributed by atoms with Gasteiger partial charge in [0.15, 0.2) is 5.96 Å². The Labute approximate surface area is 118 Å². The first-order valence-electron chi connectivity index (χ1n) is 6.19. The monoisotopic (exact) mass is 276 g/mol. The van der Waals surface area contributed by atoms with Crippen molar-refractivity contribution in [1.82, 2.24) is 10.6 Å². The van der Waals surface area contributed by atoms with Crippen molar-refractivity contribution >= 4 is 17.7 Å². The molecule has 0 atom stereocenters. The molecule has 1 rings (SSSR count). The summed E-state index contributed by atoms with van der Waals surface area (Å²) in [5.41, 5.74) is 1.76. The van der Waals surface area contributed by atoms with E-state index in [4.69, 9.17) is 0 Å². The molecule has 0 radical (unpaired) electrons. The van der Waals surface area contributed by atoms with Crippen LogP contribution < -0.4 is 16.0 Å². The summed E-state index contributed by atoms with van der Waals surface area (Å²) >= 11 is 0. The predicted molar refractivity (Wildman–Crippen MR) is 80.9 cm³/mol. The molecular formula is C14H20N4O2. The molecule has 0 aliphatic heterocycles. The van der Waals surface area contributed by atoms with Crippen molar-refractivity contribution < 1.29 is 9.53 Å². The Balaban J connectivity index is 2.48. The van der Waals surface area contributed by atoms with E-state index in [0.717, 1.165) is 5.56 Å². The summed E-state index contributed by atoms with van der Waals surface area (Å²) < 4.78 is 4.52. The number of ether oxygens (including phenoxy) is 1. The van der Waals surface area contributed by atoms with Crippen molar-refractivity contribution in [3.63, 3.8) is 0 Å². The number of carbonyl (C=O) groups excluding carboxylic acids is 1. The fourth-order valence-electron chi connectivity index (χ4n) is 1.45. The third kappa shape index (κ3) is 5.43. The average Bonchev–Trinajstić information content (AvgIpc) is 2.49. The molecule has 0 aliphatic carbocycles. The molecule has 108 valence electrons. The molecule has 20 heavy (non-hydrogen) atoms. The third-order valence-electron chi connectivity index (χ3n) is 2.48. The Morgan fingerprint density at radius 3 is 2.60 bits per heavy atom. The molecule has 0 unspecified atom stereocenters. The van der Waals surface area contributed by atoms with Gasteiger partial charge in [-0.3, -0.25) is 10.3 Å². The lowest BCUT2D eigenvalue weighted by Crippen LogP contribution is -2.36. The van der Waals surface area contributed by atoms with Crippen LogP contribution in [0.3, 0.4) is 0 Å². The fraction of sp³-hybridized carbons (Fsp3) is 0.286. The number of hydrogen-bond acceptors (Lipinski definition) is 3. The molecular weight excluding hydrogens is 256 g/mol. The first-order chi connectivity index (χ1) is 9.69. The minimum atomic E-state index is -0.482. The molecule has 0 saturated heterocycles. The van der Waals surface area contributed by atoms with E-state index < -0.39 is 6.09 Å². The Bertz CT molecular complexity index is 469. The first-order valence-corrected chi connectivity index (χ1v) is 6.19. The summed E-state index contributed by atoms with van der Waals surface area (Å²) in [5.74, 6) is 0.710. The largest absolute Gasteiger partial charge is 0.453 e. The van der Waals surface area contributed by atoms with Crippen LogP contribution in [0.2, 0.25) is 0 Å². The van der Waals surface area contributed by atoms with Crippen molar-refractivity contribution in [2.75, 3.05) is 26.0 Å². The van der Waals surface area contributed by atoms with E-state index in [1.165, 1.54) is 7.11 Å². The lowest BCUT2D eigenvalue weighted by molar-refractivity contribution is 0.187. The number of anilines is 1. The lowest BCUT2D eigenvalue weighted by atomic mass is 10.2. The van der Waals surface area contributed by atoms with Crippen molar-refractivity contribution in [2.45, 2.75) is 6.54 Å². The second-order valence-electron chi connectivity index (χ2n) is 3.91. The maximum atomic E-state index is 11.0. The van der Waals surface area contributed by atoms with Crippen molar-refractivity contribution in [3.05, 3.63) is 42.5 Å². The van der Waals surface area contributed by atoms with Gasteiger partial charge in [-0.05, 0) is 17.7 Å². The first kappa shape index (κ1) is 15.6. The van der Waals surface area contributed by atoms with E-state index in [1.54, 1.807) is 13.1 Å². The summed E-state index contributed by atoms with van der Waals surface area (Å²) in [5, 5.41) is 8.85. The maximum Gasteiger partial charge on any atom is 0.411 e. The van der Waals surface area contributed by atoms with Crippen LogP contribution in [0.4, 0.5) is 10.5 Å². The zero-order valence-electron chi connectivity index (χ0n) is 11.8. The van der Waals surface area contributed by atoms with Crippen molar-refractivity contribution in [3.8, 4) is 0 Å². The number of nitrogens with one attached hydrogen (secondary N) is 3. The highest BCUT2D eigenvalue weighted by Gasteiger charge is 2.01. The minimum Gasteiger partial charge on any atom is -0.453 e. The molecule has 6 nitrogen and oxygen atoms in total. The Morgan fingerprint density at radius 2 is 2.05 bits per heavy atom. The number of amides is 1. The zero-order chi connectivity index (χ0) is 14.8. The molecule has 0 saturated carbocycles. The molecule has 1 aromatic rings. The van der Waals surface area contributed by atoms with Crippen LogP contribution in [-0.2, 0) is 11.3 Å². The van der Waals surface area contributed by atoms with Crippen LogP contribution in [0.1, 0.15) is 5.56 Å². The summed E-state index contributed by atoms with van der Waals surface area (Å²) in [6, 6.07) is 7.46. The molecule has 1 amide bonds. The van der Waals surface area contributed by atoms with Crippen LogP contribution in [0, 0.1) is 0 Å². The van der Waals surface area contributed by atoms with E-state index in [1.807, 2.05) is 24.3 Å². The van der Waals surface area contributed by atoms with Gasteiger partial charge in [0.1, 0.15) is 0 Å². The molecule has 0 heterocycles. The summed E-state index contributed by atoms with van der Waals surface area (Å²) in [6.45, 7) is 4.92. The number of aliphatic imine (C=N–C) groups is 1. The Kier molecular flexibility index (Phi) is 6.67. The predicted octanol–water partition coefficient (Wildman–Crippen LogP) is 1.72. The SMILES string of the molecule is C=CCNC(=NC)NCc1ccc(NC(=O)OC)cc1. The van der Waals surface area contributed by atoms with Gasteiger partial charge in [-0.15, -0.1) is 6.58 Å². The summed E-state index contributed by atoms with van der Waals surface area (Å²) in [6.07, 6.45) is 1.28. The number of carbonyl (C=O) groups is 1. The van der Waals surface area contributed by atoms with E-state index in [9.17, 15) is 4.79 Å². The molecule has 1 aromatic carbocycles. The summed E-state index contributed by atoms with van der Waals surface area (Å²) in [7, 11) is 3.04. The lowest BCUT2D eigenvalue weighted by Gasteiger charge is -2.11. The van der Waals surface area contributed by atoms with Gasteiger partial charge in [-0.25, -0.2) is 4.79 Å². The fourth-order valence-corrected chi connectivity index (χ4v) is 1.45. The Morgan fingerprint density at radius 1 is 1.35 bits per heavy atom. The van der Waals surface area contributed by atoms with Gasteiger partial charge in [-0.2, -0.15) is 0 Å². The highest BCUT2D eigenvalue weighted by molar-refractivity contribution is 5.84. The summed E-state index contributed by atoms with van der Waals surface area (Å²) in [4.78, 5) is 15.1. The third-order valence-corrected chi connectivity index (χ3v) is 2.48. The topological polar surface area (TPSA) is 74.8 Å². The van der Waals surface area contributed by atoms with Crippen molar-refractivity contribution in [1.29, 1.82) is 0 Å². The van der Waals surface area contributed by atoms with Crippen molar-refractivity contribution in [2.24, 2.45) is 4.99 Å². The van der Waals surface area contributed by atoms with Crippen LogP contribution in [0.15, 0.2) is 41.9 Å². The van der Waals surface area contributed by atoms with Gasteiger partial charge in [0.2, 0.25) is 0 Å². The number of benzene rings is 1. The van der Waals surface area contributed by atoms with E-state index in [2.05, 4.69) is 32.3 Å². The van der Waals surface area contributed by atoms with Crippen LogP contribution >= 0.6 is 0 Å². The standard InChI is InChI=1S/C14H20N4O2/c1-4-9-16-13(15-2)17-10-11-5-7-12(8-6-11)18-14(19)20-3/h4-8H,1,9-10H2,2-3H3,(H,18,19)(H2,15,16,17). The van der Waals surface area contributed by atoms with Crippen LogP contribution in [-0.4, -0.2) is 32.8 Å². The number of rotatable bonds is 5. The van der Waals surface area contributed by atoms with Gasteiger partial charge < -0.3 is 15.4 Å². The molecule has 0 aromatic heterocycles. The maximum absolute atomic E-state index is 11.0. The second kappa shape index (κ2) is 8.58. The highest BCUT2D eigenvalue weighted by atomic mass is 16.5. The van der Waals surface area contributed by atoms with E-state index >= 15 is 0 Å². The van der Waals surface area contributed by atoms with E-state index in [-0.39, 0.29) is 0 Å². The van der Waals surface area contributed by atoms with Crippen LogP contribution in [0.5, 0.6) is 0 Å². The normalized spacial score (nSPS) is 10.6. The minimum absolute atomic E-state index is 0.482. The van der Waals surface area contributed by atoms with Gasteiger partial charge in [0.05, 0.1) is 7.11 Å².